The molecule has 0 fully saturated rings. The van der Waals surface area contributed by atoms with Crippen LogP contribution in [-0.4, -0.2) is 7.28 Å². The van der Waals surface area contributed by atoms with Crippen molar-refractivity contribution in [3.05, 3.63) is 0 Å². The van der Waals surface area contributed by atoms with Crippen molar-refractivity contribution in [1.82, 2.24) is 0 Å². The van der Waals surface area contributed by atoms with Gasteiger partial charge in [0.15, 0.2) is 0 Å². The van der Waals surface area contributed by atoms with E-state index in [-0.39, 0.29) is 37.1 Å². The van der Waals surface area contributed by atoms with Gasteiger partial charge in [-0.05, 0) is 0 Å². The van der Waals surface area contributed by atoms with Gasteiger partial charge in [0.25, 0.3) is 0 Å². The molecule has 57 valence electrons. The largest absolute Gasteiger partial charge is 0.102 e. The fraction of sp³-hybridized carbons (Fsp3) is 1.00. The molecular formula is C7H26B. The van der Waals surface area contributed by atoms with Crippen molar-refractivity contribution in [3.63, 3.8) is 0 Å². The van der Waals surface area contributed by atoms with E-state index in [4.69, 9.17) is 0 Å². The summed E-state index contributed by atoms with van der Waals surface area (Å²) >= 11 is 0. The lowest BCUT2D eigenvalue weighted by Crippen LogP contribution is -1.53. The molecule has 0 aromatic carbocycles. The van der Waals surface area contributed by atoms with Crippen LogP contribution >= 0.6 is 0 Å². The molecular weight excluding hydrogens is 94.9 g/mol. The summed E-state index contributed by atoms with van der Waals surface area (Å²) in [7, 11) is 2.00. The van der Waals surface area contributed by atoms with E-state index in [1.54, 1.807) is 0 Å². The summed E-state index contributed by atoms with van der Waals surface area (Å²) in [6, 6.07) is 0. The standard InChI is InChI=1S/C2H6B.5CH4/c1-3-2;;;;;/h1-2H3;5*1H4. The Balaban J connectivity index is -0.00000000200. The van der Waals surface area contributed by atoms with Crippen LogP contribution in [0.15, 0.2) is 0 Å². The van der Waals surface area contributed by atoms with Gasteiger partial charge < -0.3 is 0 Å². The monoisotopic (exact) mass is 121 g/mol. The lowest BCUT2D eigenvalue weighted by atomic mass is 9.88. The minimum Gasteiger partial charge on any atom is -0.0922 e. The first-order valence-electron chi connectivity index (χ1n) is 1.15. The van der Waals surface area contributed by atoms with Crippen LogP contribution < -0.4 is 0 Å². The second kappa shape index (κ2) is 229. The highest BCUT2D eigenvalue weighted by Gasteiger charge is 1.42. The Hall–Kier alpha value is 0.0649. The van der Waals surface area contributed by atoms with Crippen molar-refractivity contribution < 1.29 is 0 Å². The van der Waals surface area contributed by atoms with Gasteiger partial charge in [-0.25, -0.2) is 0 Å². The normalized spacial score (nSPS) is 1.75. The van der Waals surface area contributed by atoms with Gasteiger partial charge in [-0.2, -0.15) is 0 Å². The zero-order chi connectivity index (χ0) is 2.71. The maximum Gasteiger partial charge on any atom is 0.102 e. The first kappa shape index (κ1) is 94.4. The molecule has 0 saturated carbocycles. The lowest BCUT2D eigenvalue weighted by Gasteiger charge is -1.41. The van der Waals surface area contributed by atoms with E-state index in [9.17, 15) is 0 Å². The maximum atomic E-state index is 2.00. The number of rotatable bonds is 0. The van der Waals surface area contributed by atoms with Crippen molar-refractivity contribution in [2.75, 3.05) is 0 Å². The van der Waals surface area contributed by atoms with Gasteiger partial charge in [0.05, 0.1) is 0 Å². The third-order valence-electron chi connectivity index (χ3n) is 0. The summed E-state index contributed by atoms with van der Waals surface area (Å²) in [6.07, 6.45) is 0. The third kappa shape index (κ3) is 36900. The van der Waals surface area contributed by atoms with E-state index in [1.165, 1.54) is 0 Å². The molecule has 0 aliphatic heterocycles. The Morgan fingerprint density at radius 2 is 0.625 bits per heavy atom. The van der Waals surface area contributed by atoms with E-state index in [0.29, 0.717) is 0 Å². The molecule has 0 aliphatic carbocycles. The van der Waals surface area contributed by atoms with E-state index in [2.05, 4.69) is 0 Å². The molecule has 0 heterocycles. The Kier molecular flexibility index (Phi) is 2700. The lowest BCUT2D eigenvalue weighted by molar-refractivity contribution is 2.14. The molecule has 0 aromatic rings. The fourth-order valence-corrected chi connectivity index (χ4v) is 0. The zero-order valence-electron chi connectivity index (χ0n) is 2.58. The topological polar surface area (TPSA) is 0 Å². The van der Waals surface area contributed by atoms with Crippen LogP contribution in [0.4, 0.5) is 0 Å². The van der Waals surface area contributed by atoms with Crippen LogP contribution in [0.5, 0.6) is 0 Å². The third-order valence-corrected chi connectivity index (χ3v) is 0. The Labute approximate surface area is 58.9 Å². The van der Waals surface area contributed by atoms with Crippen LogP contribution in [-0.2, 0) is 0 Å². The fourth-order valence-electron chi connectivity index (χ4n) is 0. The quantitative estimate of drug-likeness (QED) is 0.425. The van der Waals surface area contributed by atoms with Crippen LogP contribution in [0.1, 0.15) is 37.1 Å². The molecule has 0 spiro atoms. The molecule has 0 bridgehead atoms. The van der Waals surface area contributed by atoms with E-state index < -0.39 is 0 Å². The van der Waals surface area contributed by atoms with E-state index in [1.807, 2.05) is 20.9 Å². The van der Waals surface area contributed by atoms with E-state index >= 15 is 0 Å². The average molecular weight is 121 g/mol. The average Bonchev–Trinajstić information content (AvgIpc) is 0.918. The first-order valence-corrected chi connectivity index (χ1v) is 1.15. The Morgan fingerprint density at radius 1 is 0.625 bits per heavy atom. The minimum absolute atomic E-state index is 0. The van der Waals surface area contributed by atoms with Crippen molar-refractivity contribution >= 4 is 7.28 Å². The van der Waals surface area contributed by atoms with Crippen molar-refractivity contribution in [2.24, 2.45) is 0 Å². The Bertz CT molecular complexity index is 4.35. The molecule has 0 N–H and O–H groups in total. The molecule has 0 rings (SSSR count). The first-order chi connectivity index (χ1) is 1.41. The van der Waals surface area contributed by atoms with Crippen LogP contribution in [0.25, 0.3) is 0 Å². The van der Waals surface area contributed by atoms with Gasteiger partial charge in [0.1, 0.15) is 7.28 Å². The second-order valence-corrected chi connectivity index (χ2v) is 0.577. The highest BCUT2D eigenvalue weighted by molar-refractivity contribution is 6.31. The summed E-state index contributed by atoms with van der Waals surface area (Å²) in [5.41, 5.74) is 0. The summed E-state index contributed by atoms with van der Waals surface area (Å²) < 4.78 is 0. The second-order valence-electron chi connectivity index (χ2n) is 0.577. The van der Waals surface area contributed by atoms with E-state index in [0.717, 1.165) is 0 Å². The van der Waals surface area contributed by atoms with Gasteiger partial charge in [0.2, 0.25) is 0 Å². The molecule has 0 aliphatic rings. The van der Waals surface area contributed by atoms with Gasteiger partial charge >= 0.3 is 0 Å². The Morgan fingerprint density at radius 3 is 0.625 bits per heavy atom. The van der Waals surface area contributed by atoms with Gasteiger partial charge in [-0.15, -0.1) is 0 Å². The zero-order valence-corrected chi connectivity index (χ0v) is 2.58. The molecule has 1 radical (unpaired) electrons. The smallest absolute Gasteiger partial charge is 0.0922 e. The van der Waals surface area contributed by atoms with Crippen LogP contribution in [0.2, 0.25) is 13.6 Å². The molecule has 0 nitrogen and oxygen atoms in total. The molecule has 1 heteroatoms. The van der Waals surface area contributed by atoms with Crippen LogP contribution in [0.3, 0.4) is 0 Å². The van der Waals surface area contributed by atoms with Gasteiger partial charge in [-0.1, -0.05) is 50.8 Å². The molecule has 8 heavy (non-hydrogen) atoms. The highest BCUT2D eigenvalue weighted by Crippen LogP contribution is 1.36. The minimum atomic E-state index is 0. The molecule has 0 saturated heterocycles. The summed E-state index contributed by atoms with van der Waals surface area (Å²) in [5.74, 6) is 0. The van der Waals surface area contributed by atoms with Crippen molar-refractivity contribution in [1.29, 1.82) is 0 Å². The maximum absolute atomic E-state index is 2.00. The van der Waals surface area contributed by atoms with Crippen molar-refractivity contribution in [3.8, 4) is 0 Å². The van der Waals surface area contributed by atoms with Gasteiger partial charge in [0, 0.05) is 0 Å². The molecule has 0 atom stereocenters. The summed E-state index contributed by atoms with van der Waals surface area (Å²) in [6.45, 7) is 4.00. The molecule has 0 aromatic heterocycles. The van der Waals surface area contributed by atoms with Crippen molar-refractivity contribution in [2.45, 2.75) is 50.8 Å². The molecule has 0 amide bonds. The SMILES string of the molecule is C.C.C.C.C.C[B]C. The summed E-state index contributed by atoms with van der Waals surface area (Å²) in [4.78, 5) is 0. The number of hydrogen-bond acceptors (Lipinski definition) is 0. The summed E-state index contributed by atoms with van der Waals surface area (Å²) in [5, 5.41) is 0. The van der Waals surface area contributed by atoms with Gasteiger partial charge in [-0.3, -0.25) is 0 Å². The number of hydrogen-bond donors (Lipinski definition) is 0. The van der Waals surface area contributed by atoms with Crippen LogP contribution in [0, 0.1) is 0 Å². The molecule has 0 unspecified atom stereocenters. The predicted octanol–water partition coefficient (Wildman–Crippen LogP) is 3.97. The highest BCUT2D eigenvalue weighted by atomic mass is 12.9. The predicted molar refractivity (Wildman–Crippen MR) is 51.1 cm³/mol.